The first kappa shape index (κ1) is 16.0. The van der Waals surface area contributed by atoms with Gasteiger partial charge in [-0.15, -0.1) is 11.8 Å². The Morgan fingerprint density at radius 1 is 1.45 bits per heavy atom. The van der Waals surface area contributed by atoms with E-state index in [0.29, 0.717) is 17.0 Å². The van der Waals surface area contributed by atoms with E-state index < -0.39 is 10.9 Å². The van der Waals surface area contributed by atoms with Gasteiger partial charge in [-0.1, -0.05) is 0 Å². The minimum atomic E-state index is -0.972. The highest BCUT2D eigenvalue weighted by molar-refractivity contribution is 7.99. The summed E-state index contributed by atoms with van der Waals surface area (Å²) in [5.74, 6) is -1.09. The predicted molar refractivity (Wildman–Crippen MR) is 74.1 cm³/mol. The van der Waals surface area contributed by atoms with Gasteiger partial charge < -0.3 is 10.4 Å². The Balaban J connectivity index is 2.96. The van der Waals surface area contributed by atoms with E-state index >= 15 is 0 Å². The predicted octanol–water partition coefficient (Wildman–Crippen LogP) is 1.91. The van der Waals surface area contributed by atoms with Crippen molar-refractivity contribution in [3.63, 3.8) is 0 Å². The minimum absolute atomic E-state index is 0.104. The monoisotopic (exact) mass is 298 g/mol. The average Bonchev–Trinajstić information content (AvgIpc) is 2.38. The van der Waals surface area contributed by atoms with Gasteiger partial charge in [0.1, 0.15) is 0 Å². The number of nitrogens with zero attached hydrogens (tertiary/aromatic N) is 1. The van der Waals surface area contributed by atoms with Crippen molar-refractivity contribution in [2.24, 2.45) is 0 Å². The van der Waals surface area contributed by atoms with E-state index in [0.717, 1.165) is 11.8 Å². The number of aliphatic carboxylic acids is 1. The number of hydrogen-bond donors (Lipinski definition) is 2. The van der Waals surface area contributed by atoms with Gasteiger partial charge >= 0.3 is 5.97 Å². The maximum atomic E-state index is 11.7. The zero-order chi connectivity index (χ0) is 15.1. The number of rotatable bonds is 7. The lowest BCUT2D eigenvalue weighted by Gasteiger charge is -2.06. The van der Waals surface area contributed by atoms with Crippen molar-refractivity contribution in [1.82, 2.24) is 5.32 Å². The van der Waals surface area contributed by atoms with E-state index in [4.69, 9.17) is 5.11 Å². The van der Waals surface area contributed by atoms with E-state index in [1.54, 1.807) is 6.92 Å². The Bertz CT molecular complexity index is 533. The lowest BCUT2D eigenvalue weighted by molar-refractivity contribution is -0.387. The topological polar surface area (TPSA) is 110 Å². The zero-order valence-electron chi connectivity index (χ0n) is 10.8. The van der Waals surface area contributed by atoms with Crippen LogP contribution in [0, 0.1) is 10.1 Å². The molecule has 0 atom stereocenters. The summed E-state index contributed by atoms with van der Waals surface area (Å²) in [5.41, 5.74) is 0.184. The number of nitrogens with one attached hydrogen (secondary N) is 1. The number of carbonyl (C=O) groups excluding carboxylic acids is 1. The van der Waals surface area contributed by atoms with Crippen molar-refractivity contribution in [3.8, 4) is 0 Å². The Hall–Kier alpha value is -2.09. The first-order valence-corrected chi connectivity index (χ1v) is 6.85. The van der Waals surface area contributed by atoms with Gasteiger partial charge in [-0.05, 0) is 19.1 Å². The molecule has 2 N–H and O–H groups in total. The summed E-state index contributed by atoms with van der Waals surface area (Å²) < 4.78 is 0. The molecule has 108 valence electrons. The van der Waals surface area contributed by atoms with Crippen LogP contribution in [0.15, 0.2) is 23.1 Å². The van der Waals surface area contributed by atoms with E-state index in [2.05, 4.69) is 5.32 Å². The average molecular weight is 298 g/mol. The summed E-state index contributed by atoms with van der Waals surface area (Å²) in [6, 6.07) is 4.05. The molecule has 1 rings (SSSR count). The molecule has 0 saturated carbocycles. The lowest BCUT2D eigenvalue weighted by atomic mass is 10.2. The number of benzene rings is 1. The van der Waals surface area contributed by atoms with Crippen molar-refractivity contribution in [2.75, 3.05) is 12.3 Å². The van der Waals surface area contributed by atoms with E-state index in [1.165, 1.54) is 18.2 Å². The molecule has 7 nitrogen and oxygen atoms in total. The molecule has 0 radical (unpaired) electrons. The molecule has 1 aromatic rings. The Labute approximate surface area is 119 Å². The number of hydrogen-bond acceptors (Lipinski definition) is 5. The van der Waals surface area contributed by atoms with Crippen LogP contribution in [0.5, 0.6) is 0 Å². The number of thioether (sulfide) groups is 1. The van der Waals surface area contributed by atoms with Crippen LogP contribution in [-0.4, -0.2) is 34.2 Å². The maximum Gasteiger partial charge on any atom is 0.304 e. The van der Waals surface area contributed by atoms with Gasteiger partial charge in [-0.3, -0.25) is 19.7 Å². The van der Waals surface area contributed by atoms with E-state index in [1.807, 2.05) is 0 Å². The second-order valence-corrected chi connectivity index (χ2v) is 4.93. The molecule has 0 fully saturated rings. The largest absolute Gasteiger partial charge is 0.481 e. The Morgan fingerprint density at radius 3 is 2.70 bits per heavy atom. The molecule has 8 heteroatoms. The molecule has 0 spiro atoms. The van der Waals surface area contributed by atoms with Crippen LogP contribution >= 0.6 is 11.8 Å². The van der Waals surface area contributed by atoms with Gasteiger partial charge in [0.25, 0.3) is 11.6 Å². The van der Waals surface area contributed by atoms with Crippen LogP contribution in [0.2, 0.25) is 0 Å². The summed E-state index contributed by atoms with van der Waals surface area (Å²) >= 11 is 1.05. The summed E-state index contributed by atoms with van der Waals surface area (Å²) in [4.78, 5) is 32.8. The maximum absolute atomic E-state index is 11.7. The van der Waals surface area contributed by atoms with Crippen LogP contribution in [0.1, 0.15) is 23.7 Å². The zero-order valence-corrected chi connectivity index (χ0v) is 11.6. The number of carbonyl (C=O) groups is 2. The Kier molecular flexibility index (Phi) is 5.98. The number of carboxylic acid groups (broad SMARTS) is 1. The molecule has 0 aliphatic carbocycles. The molecule has 0 aliphatic heterocycles. The second kappa shape index (κ2) is 7.49. The quantitative estimate of drug-likeness (QED) is 0.452. The lowest BCUT2D eigenvalue weighted by Crippen LogP contribution is -2.22. The third kappa shape index (κ3) is 4.54. The minimum Gasteiger partial charge on any atom is -0.481 e. The molecule has 0 aliphatic rings. The molecular weight excluding hydrogens is 284 g/mol. The molecule has 1 aromatic carbocycles. The fourth-order valence-corrected chi connectivity index (χ4v) is 2.43. The number of carboxylic acids is 1. The van der Waals surface area contributed by atoms with Crippen molar-refractivity contribution in [3.05, 3.63) is 33.9 Å². The van der Waals surface area contributed by atoms with Crippen molar-refractivity contribution < 1.29 is 19.6 Å². The van der Waals surface area contributed by atoms with E-state index in [9.17, 15) is 19.7 Å². The highest BCUT2D eigenvalue weighted by Gasteiger charge is 2.17. The fourth-order valence-electron chi connectivity index (χ4n) is 1.43. The van der Waals surface area contributed by atoms with Crippen LogP contribution in [-0.2, 0) is 4.79 Å². The fraction of sp³-hybridized carbons (Fsp3) is 0.333. The summed E-state index contributed by atoms with van der Waals surface area (Å²) in [7, 11) is 0. The molecule has 0 bridgehead atoms. The van der Waals surface area contributed by atoms with Gasteiger partial charge in [0.05, 0.1) is 16.2 Å². The number of nitro benzene ring substituents is 1. The smallest absolute Gasteiger partial charge is 0.304 e. The van der Waals surface area contributed by atoms with Gasteiger partial charge in [-0.25, -0.2) is 0 Å². The van der Waals surface area contributed by atoms with Gasteiger partial charge in [0.15, 0.2) is 0 Å². The third-order valence-electron chi connectivity index (χ3n) is 2.33. The Morgan fingerprint density at radius 2 is 2.15 bits per heavy atom. The number of amides is 1. The standard InChI is InChI=1S/C12H14N2O5S/c1-2-13-12(17)8-3-4-9(14(18)19)10(7-8)20-6-5-11(15)16/h3-4,7H,2,5-6H2,1H3,(H,13,17)(H,15,16). The summed E-state index contributed by atoms with van der Waals surface area (Å²) in [6.45, 7) is 2.23. The highest BCUT2D eigenvalue weighted by atomic mass is 32.2. The van der Waals surface area contributed by atoms with E-state index in [-0.39, 0.29) is 23.8 Å². The molecule has 1 amide bonds. The van der Waals surface area contributed by atoms with Gasteiger partial charge in [-0.2, -0.15) is 0 Å². The van der Waals surface area contributed by atoms with Gasteiger partial charge in [0, 0.05) is 23.9 Å². The van der Waals surface area contributed by atoms with Crippen molar-refractivity contribution in [1.29, 1.82) is 0 Å². The second-order valence-electron chi connectivity index (χ2n) is 3.79. The molecule has 0 unspecified atom stereocenters. The molecule has 0 aromatic heterocycles. The third-order valence-corrected chi connectivity index (χ3v) is 3.38. The van der Waals surface area contributed by atoms with Crippen LogP contribution in [0.3, 0.4) is 0 Å². The number of nitro groups is 1. The molecule has 0 saturated heterocycles. The van der Waals surface area contributed by atoms with Crippen LogP contribution < -0.4 is 5.32 Å². The van der Waals surface area contributed by atoms with Crippen molar-refractivity contribution in [2.45, 2.75) is 18.2 Å². The highest BCUT2D eigenvalue weighted by Crippen LogP contribution is 2.30. The van der Waals surface area contributed by atoms with Crippen LogP contribution in [0.4, 0.5) is 5.69 Å². The first-order valence-electron chi connectivity index (χ1n) is 5.87. The molecular formula is C12H14N2O5S. The summed E-state index contributed by atoms with van der Waals surface area (Å²) in [6.07, 6.45) is -0.104. The SMILES string of the molecule is CCNC(=O)c1ccc([N+](=O)[O-])c(SCCC(=O)O)c1. The first-order chi connectivity index (χ1) is 9.45. The van der Waals surface area contributed by atoms with Crippen LogP contribution in [0.25, 0.3) is 0 Å². The molecule has 0 heterocycles. The summed E-state index contributed by atoms with van der Waals surface area (Å²) in [5, 5.41) is 22.1. The normalized spacial score (nSPS) is 10.1. The molecule has 20 heavy (non-hydrogen) atoms. The van der Waals surface area contributed by atoms with Gasteiger partial charge in [0.2, 0.25) is 0 Å². The van der Waals surface area contributed by atoms with Crippen molar-refractivity contribution >= 4 is 29.3 Å².